The summed E-state index contributed by atoms with van der Waals surface area (Å²) in [4.78, 5) is 18.0. The normalized spacial score (nSPS) is 18.3. The van der Waals surface area contributed by atoms with Crippen molar-refractivity contribution in [3.05, 3.63) is 0 Å². The molecule has 1 heterocycles. The molecular weight excluding hydrogens is 395 g/mol. The molecule has 0 aromatic rings. The van der Waals surface area contributed by atoms with E-state index in [0.29, 0.717) is 19.0 Å². The zero-order valence-corrected chi connectivity index (χ0v) is 16.6. The van der Waals surface area contributed by atoms with Gasteiger partial charge in [0.15, 0.2) is 5.96 Å². The molecule has 1 fully saturated rings. The minimum Gasteiger partial charge on any atom is -0.381 e. The van der Waals surface area contributed by atoms with Crippen LogP contribution in [-0.4, -0.2) is 63.2 Å². The van der Waals surface area contributed by atoms with E-state index in [9.17, 15) is 4.79 Å². The Labute approximate surface area is 151 Å². The number of carbonyl (C=O) groups is 1. The standard InChI is InChI=1S/C15H30N4O2.HI/c1-5-21-11-13-6-9-19(10-13)15(16-4)18-8-7-17-14(20)12(2)3;/h12-13H,5-11H2,1-4H3,(H,16,18)(H,17,20);1H. The number of guanidine groups is 1. The molecule has 1 saturated heterocycles. The van der Waals surface area contributed by atoms with Gasteiger partial charge in [0, 0.05) is 51.7 Å². The quantitative estimate of drug-likeness (QED) is 0.279. The van der Waals surface area contributed by atoms with E-state index >= 15 is 0 Å². The first-order valence-corrected chi connectivity index (χ1v) is 7.89. The van der Waals surface area contributed by atoms with Crippen LogP contribution in [0.1, 0.15) is 27.2 Å². The second-order valence-corrected chi connectivity index (χ2v) is 5.68. The average Bonchev–Trinajstić information content (AvgIpc) is 2.93. The molecule has 2 N–H and O–H groups in total. The molecule has 1 amide bonds. The Bertz CT molecular complexity index is 350. The summed E-state index contributed by atoms with van der Waals surface area (Å²) in [6, 6.07) is 0. The highest BCUT2D eigenvalue weighted by Crippen LogP contribution is 2.16. The number of rotatable bonds is 7. The van der Waals surface area contributed by atoms with Crippen molar-refractivity contribution in [2.75, 3.05) is 46.4 Å². The van der Waals surface area contributed by atoms with E-state index in [4.69, 9.17) is 4.74 Å². The predicted molar refractivity (Wildman–Crippen MR) is 101 cm³/mol. The molecule has 0 bridgehead atoms. The van der Waals surface area contributed by atoms with Gasteiger partial charge in [0.1, 0.15) is 0 Å². The molecule has 130 valence electrons. The molecule has 6 nitrogen and oxygen atoms in total. The number of hydrogen-bond acceptors (Lipinski definition) is 3. The first-order valence-electron chi connectivity index (χ1n) is 7.89. The van der Waals surface area contributed by atoms with Crippen molar-refractivity contribution in [3.63, 3.8) is 0 Å². The van der Waals surface area contributed by atoms with Crippen LogP contribution in [0.5, 0.6) is 0 Å². The average molecular weight is 426 g/mol. The van der Waals surface area contributed by atoms with Gasteiger partial charge in [0.25, 0.3) is 0 Å². The maximum Gasteiger partial charge on any atom is 0.222 e. The fraction of sp³-hybridized carbons (Fsp3) is 0.867. The molecule has 1 aliphatic heterocycles. The van der Waals surface area contributed by atoms with Gasteiger partial charge in [-0.1, -0.05) is 13.8 Å². The Hall–Kier alpha value is -0.570. The van der Waals surface area contributed by atoms with Gasteiger partial charge in [-0.2, -0.15) is 0 Å². The smallest absolute Gasteiger partial charge is 0.222 e. The van der Waals surface area contributed by atoms with Gasteiger partial charge >= 0.3 is 0 Å². The second kappa shape index (κ2) is 11.9. The fourth-order valence-corrected chi connectivity index (χ4v) is 2.34. The molecule has 1 atom stereocenters. The number of ether oxygens (including phenoxy) is 1. The van der Waals surface area contributed by atoms with Crippen LogP contribution in [0, 0.1) is 11.8 Å². The Balaban J connectivity index is 0.00000441. The number of amides is 1. The molecule has 1 rings (SSSR count). The first kappa shape index (κ1) is 21.4. The maximum absolute atomic E-state index is 11.5. The Morgan fingerprint density at radius 3 is 2.64 bits per heavy atom. The van der Waals surface area contributed by atoms with E-state index in [1.165, 1.54) is 0 Å². The minimum absolute atomic E-state index is 0. The van der Waals surface area contributed by atoms with Crippen LogP contribution in [0.2, 0.25) is 0 Å². The summed E-state index contributed by atoms with van der Waals surface area (Å²) in [7, 11) is 1.80. The molecule has 0 radical (unpaired) electrons. The maximum atomic E-state index is 11.5. The molecule has 0 spiro atoms. The molecule has 22 heavy (non-hydrogen) atoms. The molecule has 7 heteroatoms. The van der Waals surface area contributed by atoms with Crippen molar-refractivity contribution in [1.29, 1.82) is 0 Å². The molecule has 0 aliphatic carbocycles. The van der Waals surface area contributed by atoms with Crippen molar-refractivity contribution < 1.29 is 9.53 Å². The third-order valence-corrected chi connectivity index (χ3v) is 3.59. The van der Waals surface area contributed by atoms with Gasteiger partial charge in [0.2, 0.25) is 5.91 Å². The lowest BCUT2D eigenvalue weighted by Crippen LogP contribution is -2.43. The van der Waals surface area contributed by atoms with Crippen LogP contribution in [-0.2, 0) is 9.53 Å². The highest BCUT2D eigenvalue weighted by molar-refractivity contribution is 14.0. The van der Waals surface area contributed by atoms with Crippen LogP contribution in [0.4, 0.5) is 0 Å². The van der Waals surface area contributed by atoms with E-state index in [-0.39, 0.29) is 35.8 Å². The van der Waals surface area contributed by atoms with Gasteiger partial charge in [-0.05, 0) is 13.3 Å². The summed E-state index contributed by atoms with van der Waals surface area (Å²) in [5, 5.41) is 6.20. The molecular formula is C15H31IN4O2. The van der Waals surface area contributed by atoms with E-state index in [2.05, 4.69) is 20.5 Å². The largest absolute Gasteiger partial charge is 0.381 e. The van der Waals surface area contributed by atoms with Gasteiger partial charge in [0.05, 0.1) is 6.61 Å². The van der Waals surface area contributed by atoms with Gasteiger partial charge < -0.3 is 20.3 Å². The molecule has 0 aromatic carbocycles. The lowest BCUT2D eigenvalue weighted by Gasteiger charge is -2.22. The zero-order chi connectivity index (χ0) is 15.7. The van der Waals surface area contributed by atoms with Gasteiger partial charge in [-0.15, -0.1) is 24.0 Å². The predicted octanol–water partition coefficient (Wildman–Crippen LogP) is 1.31. The number of aliphatic imine (C=N–C) groups is 1. The van der Waals surface area contributed by atoms with Crippen molar-refractivity contribution in [2.24, 2.45) is 16.8 Å². The monoisotopic (exact) mass is 426 g/mol. The van der Waals surface area contributed by atoms with Gasteiger partial charge in [-0.25, -0.2) is 0 Å². The Kier molecular flexibility index (Phi) is 11.6. The molecule has 1 aliphatic rings. The van der Waals surface area contributed by atoms with E-state index in [0.717, 1.165) is 38.7 Å². The summed E-state index contributed by atoms with van der Waals surface area (Å²) in [5.74, 6) is 1.61. The van der Waals surface area contributed by atoms with Crippen LogP contribution >= 0.6 is 24.0 Å². The second-order valence-electron chi connectivity index (χ2n) is 5.68. The topological polar surface area (TPSA) is 66.0 Å². The van der Waals surface area contributed by atoms with E-state index in [1.54, 1.807) is 7.05 Å². The fourth-order valence-electron chi connectivity index (χ4n) is 2.34. The summed E-state index contributed by atoms with van der Waals surface area (Å²) < 4.78 is 5.49. The number of halogens is 1. The number of carbonyl (C=O) groups excluding carboxylic acids is 1. The number of likely N-dealkylation sites (tertiary alicyclic amines) is 1. The minimum atomic E-state index is 0. The van der Waals surface area contributed by atoms with Crippen LogP contribution in [0.15, 0.2) is 4.99 Å². The number of nitrogens with one attached hydrogen (secondary N) is 2. The van der Waals surface area contributed by atoms with Crippen LogP contribution in [0.3, 0.4) is 0 Å². The van der Waals surface area contributed by atoms with Crippen molar-refractivity contribution >= 4 is 35.8 Å². The van der Waals surface area contributed by atoms with E-state index in [1.807, 2.05) is 20.8 Å². The zero-order valence-electron chi connectivity index (χ0n) is 14.2. The van der Waals surface area contributed by atoms with Crippen molar-refractivity contribution in [3.8, 4) is 0 Å². The Morgan fingerprint density at radius 2 is 2.05 bits per heavy atom. The van der Waals surface area contributed by atoms with Gasteiger partial charge in [-0.3, -0.25) is 9.79 Å². The van der Waals surface area contributed by atoms with Crippen molar-refractivity contribution in [2.45, 2.75) is 27.2 Å². The SMILES string of the molecule is CCOCC1CCN(C(=NC)NCCNC(=O)C(C)C)C1.I. The number of hydrogen-bond donors (Lipinski definition) is 2. The highest BCUT2D eigenvalue weighted by atomic mass is 127. The molecule has 1 unspecified atom stereocenters. The summed E-state index contributed by atoms with van der Waals surface area (Å²) in [5.41, 5.74) is 0. The third-order valence-electron chi connectivity index (χ3n) is 3.59. The Morgan fingerprint density at radius 1 is 1.36 bits per heavy atom. The highest BCUT2D eigenvalue weighted by Gasteiger charge is 2.24. The molecule has 0 saturated carbocycles. The summed E-state index contributed by atoms with van der Waals surface area (Å²) in [6.07, 6.45) is 1.14. The van der Waals surface area contributed by atoms with Crippen LogP contribution < -0.4 is 10.6 Å². The lowest BCUT2D eigenvalue weighted by molar-refractivity contribution is -0.123. The number of nitrogens with zero attached hydrogens (tertiary/aromatic N) is 2. The summed E-state index contributed by atoms with van der Waals surface area (Å²) >= 11 is 0. The molecule has 0 aromatic heterocycles. The van der Waals surface area contributed by atoms with E-state index < -0.39 is 0 Å². The first-order chi connectivity index (χ1) is 10.1. The lowest BCUT2D eigenvalue weighted by atomic mass is 10.1. The third kappa shape index (κ3) is 7.62. The van der Waals surface area contributed by atoms with Crippen LogP contribution in [0.25, 0.3) is 0 Å². The summed E-state index contributed by atoms with van der Waals surface area (Å²) in [6.45, 7) is 10.7. The van der Waals surface area contributed by atoms with Crippen molar-refractivity contribution in [1.82, 2.24) is 15.5 Å².